The van der Waals surface area contributed by atoms with Gasteiger partial charge >= 0.3 is 0 Å². The molecule has 1 aromatic rings. The maximum Gasteiger partial charge on any atom is 0.297 e. The van der Waals surface area contributed by atoms with E-state index in [-0.39, 0.29) is 5.82 Å². The molecule has 0 aliphatic heterocycles. The van der Waals surface area contributed by atoms with E-state index in [9.17, 15) is 8.42 Å². The van der Waals surface area contributed by atoms with Gasteiger partial charge in [-0.15, -0.1) is 0 Å². The summed E-state index contributed by atoms with van der Waals surface area (Å²) in [5, 5.41) is 4.77. The molecule has 0 aliphatic rings. The molecule has 0 atom stereocenters. The minimum atomic E-state index is -3.73. The van der Waals surface area contributed by atoms with Gasteiger partial charge in [0.15, 0.2) is 0 Å². The van der Waals surface area contributed by atoms with Crippen LogP contribution < -0.4 is 9.86 Å². The summed E-state index contributed by atoms with van der Waals surface area (Å²) in [4.78, 5) is 3.81. The summed E-state index contributed by atoms with van der Waals surface area (Å²) < 4.78 is 24.1. The lowest BCUT2D eigenvalue weighted by Crippen LogP contribution is -2.22. The van der Waals surface area contributed by atoms with Crippen molar-refractivity contribution >= 4 is 32.0 Å². The lowest BCUT2D eigenvalue weighted by atomic mass is 10.3. The van der Waals surface area contributed by atoms with Crippen LogP contribution in [0.15, 0.2) is 16.7 Å². The number of rotatable bonds is 2. The van der Waals surface area contributed by atoms with Crippen LogP contribution in [-0.4, -0.2) is 13.4 Å². The number of nitrogens with two attached hydrogens (primary N) is 1. The Hall–Kier alpha value is -0.660. The molecular formula is C6H8BrN3O2S. The molecule has 72 valence electrons. The lowest BCUT2D eigenvalue weighted by molar-refractivity contribution is 0.602. The molecule has 0 amide bonds. The molecule has 1 rings (SSSR count). The molecule has 1 aromatic heterocycles. The van der Waals surface area contributed by atoms with E-state index in [4.69, 9.17) is 5.14 Å². The van der Waals surface area contributed by atoms with Crippen LogP contribution >= 0.6 is 15.9 Å². The summed E-state index contributed by atoms with van der Waals surface area (Å²) in [6.07, 6.45) is 1.50. The summed E-state index contributed by atoms with van der Waals surface area (Å²) in [6.45, 7) is 1.82. The van der Waals surface area contributed by atoms with E-state index in [0.717, 1.165) is 10.0 Å². The molecule has 0 fully saturated rings. The quantitative estimate of drug-likeness (QED) is 0.829. The lowest BCUT2D eigenvalue weighted by Gasteiger charge is -2.03. The molecule has 0 bridgehead atoms. The number of nitrogens with one attached hydrogen (secondary N) is 1. The predicted octanol–water partition coefficient (Wildman–Crippen LogP) is 0.768. The maximum absolute atomic E-state index is 10.6. The molecule has 5 nitrogen and oxygen atoms in total. The van der Waals surface area contributed by atoms with Crippen molar-refractivity contribution in [3.63, 3.8) is 0 Å². The van der Waals surface area contributed by atoms with E-state index >= 15 is 0 Å². The number of aryl methyl sites for hydroxylation is 1. The van der Waals surface area contributed by atoms with Crippen molar-refractivity contribution in [1.29, 1.82) is 0 Å². The third kappa shape index (κ3) is 3.29. The SMILES string of the molecule is Cc1cc(NS(N)(=O)=O)ncc1Br. The van der Waals surface area contributed by atoms with Crippen molar-refractivity contribution in [3.05, 3.63) is 22.3 Å². The second kappa shape index (κ2) is 3.60. The van der Waals surface area contributed by atoms with Crippen LogP contribution in [0.1, 0.15) is 5.56 Å². The Balaban J connectivity index is 2.99. The van der Waals surface area contributed by atoms with E-state index in [0.29, 0.717) is 0 Å². The second-order valence-electron chi connectivity index (χ2n) is 2.47. The van der Waals surface area contributed by atoms with Crippen LogP contribution in [0.4, 0.5) is 5.82 Å². The molecule has 7 heteroatoms. The fourth-order valence-electron chi connectivity index (χ4n) is 0.741. The Morgan fingerprint density at radius 1 is 1.62 bits per heavy atom. The van der Waals surface area contributed by atoms with Gasteiger partial charge in [-0.3, -0.25) is 4.72 Å². The first-order valence-corrected chi connectivity index (χ1v) is 5.65. The minimum Gasteiger partial charge on any atom is -0.255 e. The average molecular weight is 266 g/mol. The normalized spacial score (nSPS) is 11.3. The van der Waals surface area contributed by atoms with E-state index < -0.39 is 10.2 Å². The fraction of sp³-hybridized carbons (Fsp3) is 0.167. The fourth-order valence-corrected chi connectivity index (χ4v) is 1.36. The van der Waals surface area contributed by atoms with Crippen LogP contribution in [0.3, 0.4) is 0 Å². The van der Waals surface area contributed by atoms with Crippen LogP contribution in [0.25, 0.3) is 0 Å². The van der Waals surface area contributed by atoms with Crippen molar-refractivity contribution in [2.24, 2.45) is 5.14 Å². The van der Waals surface area contributed by atoms with Crippen LogP contribution in [-0.2, 0) is 10.2 Å². The first-order chi connectivity index (χ1) is 5.88. The Morgan fingerprint density at radius 2 is 2.23 bits per heavy atom. The Morgan fingerprint density at radius 3 is 2.69 bits per heavy atom. The highest BCUT2D eigenvalue weighted by Gasteiger charge is 2.04. The van der Waals surface area contributed by atoms with Crippen molar-refractivity contribution in [2.75, 3.05) is 4.72 Å². The molecular weight excluding hydrogens is 258 g/mol. The zero-order chi connectivity index (χ0) is 10.1. The van der Waals surface area contributed by atoms with Gasteiger partial charge in [-0.25, -0.2) is 10.1 Å². The standard InChI is InChI=1S/C6H8BrN3O2S/c1-4-2-6(9-3-5(4)7)10-13(8,11)12/h2-3H,1H3,(H,9,10)(H2,8,11,12). The van der Waals surface area contributed by atoms with Gasteiger partial charge in [0.05, 0.1) is 0 Å². The van der Waals surface area contributed by atoms with Gasteiger partial charge in [0.25, 0.3) is 10.2 Å². The van der Waals surface area contributed by atoms with Crippen LogP contribution in [0.2, 0.25) is 0 Å². The van der Waals surface area contributed by atoms with Gasteiger partial charge in [0.2, 0.25) is 0 Å². The van der Waals surface area contributed by atoms with Crippen molar-refractivity contribution in [1.82, 2.24) is 4.98 Å². The summed E-state index contributed by atoms with van der Waals surface area (Å²) in [7, 11) is -3.73. The molecule has 0 aliphatic carbocycles. The molecule has 0 unspecified atom stereocenters. The van der Waals surface area contributed by atoms with Gasteiger partial charge in [-0.1, -0.05) is 0 Å². The highest BCUT2D eigenvalue weighted by molar-refractivity contribution is 9.10. The smallest absolute Gasteiger partial charge is 0.255 e. The zero-order valence-electron chi connectivity index (χ0n) is 6.78. The number of pyridine rings is 1. The molecule has 0 saturated carbocycles. The number of aromatic nitrogens is 1. The third-order valence-electron chi connectivity index (χ3n) is 1.29. The van der Waals surface area contributed by atoms with E-state index in [1.807, 2.05) is 6.92 Å². The summed E-state index contributed by atoms with van der Waals surface area (Å²) in [5.41, 5.74) is 0.876. The zero-order valence-corrected chi connectivity index (χ0v) is 9.18. The van der Waals surface area contributed by atoms with E-state index in [1.54, 1.807) is 6.07 Å². The first kappa shape index (κ1) is 10.4. The topological polar surface area (TPSA) is 85.1 Å². The Bertz CT molecular complexity index is 418. The van der Waals surface area contributed by atoms with Crippen molar-refractivity contribution in [3.8, 4) is 0 Å². The first-order valence-electron chi connectivity index (χ1n) is 3.31. The van der Waals surface area contributed by atoms with Gasteiger partial charge in [-0.2, -0.15) is 8.42 Å². The number of halogens is 1. The molecule has 3 N–H and O–H groups in total. The third-order valence-corrected chi connectivity index (χ3v) is 2.62. The Labute approximate surface area is 84.7 Å². The average Bonchev–Trinajstić information content (AvgIpc) is 1.94. The summed E-state index contributed by atoms with van der Waals surface area (Å²) >= 11 is 3.24. The largest absolute Gasteiger partial charge is 0.297 e. The van der Waals surface area contributed by atoms with Gasteiger partial charge < -0.3 is 0 Å². The molecule has 0 saturated heterocycles. The molecule has 13 heavy (non-hydrogen) atoms. The van der Waals surface area contributed by atoms with E-state index in [2.05, 4.69) is 25.6 Å². The van der Waals surface area contributed by atoms with Gasteiger partial charge in [0.1, 0.15) is 5.82 Å². The minimum absolute atomic E-state index is 0.211. The second-order valence-corrected chi connectivity index (χ2v) is 4.61. The number of nitrogens with zero attached hydrogens (tertiary/aromatic N) is 1. The van der Waals surface area contributed by atoms with Crippen LogP contribution in [0, 0.1) is 6.92 Å². The molecule has 0 aromatic carbocycles. The van der Waals surface area contributed by atoms with Crippen molar-refractivity contribution in [2.45, 2.75) is 6.92 Å². The van der Waals surface area contributed by atoms with Gasteiger partial charge in [0, 0.05) is 10.7 Å². The highest BCUT2D eigenvalue weighted by Crippen LogP contribution is 2.17. The monoisotopic (exact) mass is 265 g/mol. The number of hydrogen-bond acceptors (Lipinski definition) is 3. The number of hydrogen-bond donors (Lipinski definition) is 2. The molecule has 0 spiro atoms. The number of anilines is 1. The van der Waals surface area contributed by atoms with E-state index in [1.165, 1.54) is 6.20 Å². The molecule has 1 heterocycles. The van der Waals surface area contributed by atoms with Crippen LogP contribution in [0.5, 0.6) is 0 Å². The highest BCUT2D eigenvalue weighted by atomic mass is 79.9. The maximum atomic E-state index is 10.6. The Kier molecular flexibility index (Phi) is 2.89. The molecule has 0 radical (unpaired) electrons. The predicted molar refractivity (Wildman–Crippen MR) is 53.4 cm³/mol. The van der Waals surface area contributed by atoms with Crippen molar-refractivity contribution < 1.29 is 8.42 Å². The van der Waals surface area contributed by atoms with Gasteiger partial charge in [-0.05, 0) is 34.5 Å². The summed E-state index contributed by atoms with van der Waals surface area (Å²) in [5.74, 6) is 0.211. The summed E-state index contributed by atoms with van der Waals surface area (Å²) in [6, 6.07) is 1.58.